The van der Waals surface area contributed by atoms with Gasteiger partial charge in [-0.1, -0.05) is 17.7 Å². The van der Waals surface area contributed by atoms with Crippen LogP contribution >= 0.6 is 34.2 Å². The summed E-state index contributed by atoms with van der Waals surface area (Å²) in [6, 6.07) is 5.25. The molecular weight excluding hydrogens is 418 g/mol. The fraction of sp³-hybridized carbons (Fsp3) is 0.312. The number of benzene rings is 2. The van der Waals surface area contributed by atoms with Crippen molar-refractivity contribution in [3.8, 4) is 0 Å². The van der Waals surface area contributed by atoms with Crippen LogP contribution < -0.4 is 0 Å². The molecule has 1 aliphatic rings. The number of nitrogens with zero attached hydrogens (tertiary/aromatic N) is 2. The van der Waals surface area contributed by atoms with E-state index in [0.717, 1.165) is 47.5 Å². The lowest BCUT2D eigenvalue weighted by Crippen LogP contribution is -2.18. The van der Waals surface area contributed by atoms with Crippen molar-refractivity contribution in [1.82, 2.24) is 9.78 Å². The maximum Gasteiger partial charge on any atom is 0.150 e. The van der Waals surface area contributed by atoms with Crippen LogP contribution in [0.1, 0.15) is 25.5 Å². The summed E-state index contributed by atoms with van der Waals surface area (Å²) >= 11 is 8.54. The summed E-state index contributed by atoms with van der Waals surface area (Å²) in [7, 11) is 0. The van der Waals surface area contributed by atoms with Crippen LogP contribution in [0.5, 0.6) is 0 Å². The summed E-state index contributed by atoms with van der Waals surface area (Å²) in [5.41, 5.74) is 0.937. The lowest BCUT2D eigenvalue weighted by molar-refractivity contribution is -0.0366. The monoisotopic (exact) mass is 430 g/mol. The van der Waals surface area contributed by atoms with Crippen LogP contribution in [0.2, 0.25) is 5.02 Å². The fourth-order valence-electron chi connectivity index (χ4n) is 3.02. The molecule has 1 aliphatic heterocycles. The molecule has 1 atom stereocenters. The van der Waals surface area contributed by atoms with Crippen molar-refractivity contribution in [1.29, 1.82) is 0 Å². The van der Waals surface area contributed by atoms with Gasteiger partial charge in [-0.25, -0.2) is 9.07 Å². The maximum absolute atomic E-state index is 13.8. The van der Waals surface area contributed by atoms with E-state index >= 15 is 0 Å². The Kier molecular flexibility index (Phi) is 3.74. The zero-order valence-electron chi connectivity index (χ0n) is 11.7. The highest BCUT2D eigenvalue weighted by Crippen LogP contribution is 2.37. The summed E-state index contributed by atoms with van der Waals surface area (Å²) < 4.78 is 22.1. The summed E-state index contributed by atoms with van der Waals surface area (Å²) in [5.74, 6) is -0.252. The van der Waals surface area contributed by atoms with Gasteiger partial charge in [0.05, 0.1) is 20.3 Å². The van der Waals surface area contributed by atoms with Crippen molar-refractivity contribution >= 4 is 55.9 Å². The van der Waals surface area contributed by atoms with Crippen LogP contribution in [0.3, 0.4) is 0 Å². The molecule has 1 fully saturated rings. The van der Waals surface area contributed by atoms with Gasteiger partial charge in [-0.15, -0.1) is 0 Å². The molecule has 2 heterocycles. The van der Waals surface area contributed by atoms with E-state index in [9.17, 15) is 4.39 Å². The van der Waals surface area contributed by atoms with E-state index in [-0.39, 0.29) is 12.0 Å². The van der Waals surface area contributed by atoms with E-state index in [1.807, 2.05) is 33.3 Å². The van der Waals surface area contributed by atoms with Gasteiger partial charge in [-0.2, -0.15) is 5.10 Å². The van der Waals surface area contributed by atoms with Crippen LogP contribution in [0.4, 0.5) is 4.39 Å². The van der Waals surface area contributed by atoms with E-state index < -0.39 is 0 Å². The fourth-order valence-corrected chi connectivity index (χ4v) is 4.29. The summed E-state index contributed by atoms with van der Waals surface area (Å²) in [6.45, 7) is 0.760. The highest BCUT2D eigenvalue weighted by Gasteiger charge is 2.21. The number of halogens is 3. The van der Waals surface area contributed by atoms with E-state index in [0.29, 0.717) is 8.59 Å². The van der Waals surface area contributed by atoms with Crippen molar-refractivity contribution < 1.29 is 9.13 Å². The molecule has 3 aromatic rings. The number of fused-ring (bicyclic) bond motifs is 2. The number of hydrogen-bond acceptors (Lipinski definition) is 2. The highest BCUT2D eigenvalue weighted by molar-refractivity contribution is 14.1. The van der Waals surface area contributed by atoms with Crippen molar-refractivity contribution in [2.24, 2.45) is 0 Å². The lowest BCUT2D eigenvalue weighted by Gasteiger charge is -2.23. The Labute approximate surface area is 145 Å². The molecule has 3 nitrogen and oxygen atoms in total. The van der Waals surface area contributed by atoms with Gasteiger partial charge in [-0.3, -0.25) is 0 Å². The molecule has 0 radical (unpaired) electrons. The Bertz CT molecular complexity index is 874. The molecule has 22 heavy (non-hydrogen) atoms. The predicted octanol–water partition coefficient (Wildman–Crippen LogP) is 5.29. The summed E-state index contributed by atoms with van der Waals surface area (Å²) in [6.07, 6.45) is 4.89. The molecule has 0 N–H and O–H groups in total. The van der Waals surface area contributed by atoms with Gasteiger partial charge >= 0.3 is 0 Å². The Morgan fingerprint density at radius 2 is 2.23 bits per heavy atom. The van der Waals surface area contributed by atoms with Crippen molar-refractivity contribution in [3.63, 3.8) is 0 Å². The molecule has 1 unspecified atom stereocenters. The second kappa shape index (κ2) is 5.62. The van der Waals surface area contributed by atoms with Gasteiger partial charge < -0.3 is 4.74 Å². The maximum atomic E-state index is 13.8. The molecule has 0 saturated carbocycles. The molecule has 1 aromatic heterocycles. The number of aromatic nitrogens is 2. The van der Waals surface area contributed by atoms with Gasteiger partial charge in [0, 0.05) is 17.4 Å². The predicted molar refractivity (Wildman–Crippen MR) is 93.8 cm³/mol. The molecule has 0 bridgehead atoms. The second-order valence-corrected chi connectivity index (χ2v) is 6.95. The first-order chi connectivity index (χ1) is 10.7. The normalized spacial score (nSPS) is 19.1. The molecular formula is C16H13ClFIN2O. The zero-order chi connectivity index (χ0) is 15.3. The first-order valence-electron chi connectivity index (χ1n) is 7.22. The van der Waals surface area contributed by atoms with Crippen LogP contribution in [-0.2, 0) is 4.74 Å². The largest absolute Gasteiger partial charge is 0.356 e. The highest BCUT2D eigenvalue weighted by atomic mass is 127. The number of rotatable bonds is 1. The van der Waals surface area contributed by atoms with Gasteiger partial charge in [0.2, 0.25) is 0 Å². The van der Waals surface area contributed by atoms with Gasteiger partial charge in [0.25, 0.3) is 0 Å². The molecule has 0 aliphatic carbocycles. The van der Waals surface area contributed by atoms with Gasteiger partial charge in [0.1, 0.15) is 5.82 Å². The summed E-state index contributed by atoms with van der Waals surface area (Å²) in [5, 5.41) is 7.53. The smallest absolute Gasteiger partial charge is 0.150 e. The summed E-state index contributed by atoms with van der Waals surface area (Å²) in [4.78, 5) is 0. The first-order valence-corrected chi connectivity index (χ1v) is 8.67. The third kappa shape index (κ3) is 2.21. The average molecular weight is 431 g/mol. The Morgan fingerprint density at radius 1 is 1.36 bits per heavy atom. The third-order valence-corrected chi connectivity index (χ3v) is 5.58. The zero-order valence-corrected chi connectivity index (χ0v) is 14.6. The third-order valence-electron chi connectivity index (χ3n) is 4.14. The molecule has 114 valence electrons. The van der Waals surface area contributed by atoms with Crippen LogP contribution in [0.25, 0.3) is 21.7 Å². The topological polar surface area (TPSA) is 27.1 Å². The number of hydrogen-bond donors (Lipinski definition) is 0. The van der Waals surface area contributed by atoms with Crippen LogP contribution in [-0.4, -0.2) is 16.4 Å². The standard InChI is InChI=1S/C16H13ClFIN2O/c17-15-10-8-20-21(13-3-1-2-6-22-13)12(10)7-9-4-5-11(18)16(19)14(9)15/h4-5,7-8,13H,1-3,6H2. The van der Waals surface area contributed by atoms with Crippen molar-refractivity contribution in [2.75, 3.05) is 6.61 Å². The second-order valence-electron chi connectivity index (χ2n) is 5.49. The van der Waals surface area contributed by atoms with Crippen molar-refractivity contribution in [2.45, 2.75) is 25.5 Å². The average Bonchev–Trinajstić information content (AvgIpc) is 2.96. The van der Waals surface area contributed by atoms with Gasteiger partial charge in [-0.05, 0) is 59.4 Å². The van der Waals surface area contributed by atoms with Gasteiger partial charge in [0.15, 0.2) is 6.23 Å². The van der Waals surface area contributed by atoms with E-state index in [2.05, 4.69) is 5.10 Å². The lowest BCUT2D eigenvalue weighted by atomic mass is 10.1. The molecule has 0 amide bonds. The van der Waals surface area contributed by atoms with E-state index in [1.54, 1.807) is 12.3 Å². The minimum atomic E-state index is -0.252. The molecule has 6 heteroatoms. The minimum absolute atomic E-state index is 0.0423. The number of ether oxygens (including phenoxy) is 1. The van der Waals surface area contributed by atoms with Crippen LogP contribution in [0.15, 0.2) is 24.4 Å². The van der Waals surface area contributed by atoms with Crippen molar-refractivity contribution in [3.05, 3.63) is 38.8 Å². The van der Waals surface area contributed by atoms with Crippen LogP contribution in [0, 0.1) is 9.39 Å². The molecule has 0 spiro atoms. The molecule has 1 saturated heterocycles. The first kappa shape index (κ1) is 14.7. The Morgan fingerprint density at radius 3 is 3.00 bits per heavy atom. The quantitative estimate of drug-likeness (QED) is 0.491. The van der Waals surface area contributed by atoms with E-state index in [4.69, 9.17) is 16.3 Å². The SMILES string of the molecule is Fc1ccc2cc3c(cnn3C3CCCCO3)c(Cl)c2c1I. The molecule has 4 rings (SSSR count). The Balaban J connectivity index is 1.98. The van der Waals surface area contributed by atoms with E-state index in [1.165, 1.54) is 6.07 Å². The molecule has 2 aromatic carbocycles. The Hall–Kier alpha value is -0.920. The minimum Gasteiger partial charge on any atom is -0.356 e.